The fourth-order valence-electron chi connectivity index (χ4n) is 2.16. The Morgan fingerprint density at radius 3 is 2.56 bits per heavy atom. The van der Waals surface area contributed by atoms with Crippen molar-refractivity contribution >= 4 is 5.97 Å². The van der Waals surface area contributed by atoms with Gasteiger partial charge in [-0.2, -0.15) is 0 Å². The summed E-state index contributed by atoms with van der Waals surface area (Å²) in [6.45, 7) is 3.99. The Hall–Kier alpha value is -0.610. The topological polar surface area (TPSA) is 47.6 Å². The molecule has 1 rings (SSSR count). The molecule has 4 heteroatoms. The van der Waals surface area contributed by atoms with Gasteiger partial charge in [-0.3, -0.25) is 4.79 Å². The van der Waals surface area contributed by atoms with Crippen LogP contribution in [0.4, 0.5) is 0 Å². The number of ether oxygens (including phenoxy) is 2. The average molecular weight is 229 g/mol. The zero-order valence-electron chi connectivity index (χ0n) is 10.3. The minimum absolute atomic E-state index is 0.0159. The summed E-state index contributed by atoms with van der Waals surface area (Å²) in [5.74, 6) is 0.110. The summed E-state index contributed by atoms with van der Waals surface area (Å²) in [6, 6.07) is 0.542. The maximum Gasteiger partial charge on any atom is 0.308 e. The molecule has 0 aromatic carbocycles. The molecule has 0 heterocycles. The van der Waals surface area contributed by atoms with Gasteiger partial charge in [-0.1, -0.05) is 0 Å². The summed E-state index contributed by atoms with van der Waals surface area (Å²) in [6.07, 6.45) is 4.02. The number of hydrogen-bond acceptors (Lipinski definition) is 4. The van der Waals surface area contributed by atoms with Gasteiger partial charge >= 0.3 is 5.97 Å². The molecule has 0 saturated heterocycles. The van der Waals surface area contributed by atoms with Gasteiger partial charge < -0.3 is 14.8 Å². The molecule has 0 spiro atoms. The van der Waals surface area contributed by atoms with Crippen molar-refractivity contribution in [1.82, 2.24) is 5.32 Å². The van der Waals surface area contributed by atoms with Crippen molar-refractivity contribution in [3.8, 4) is 0 Å². The van der Waals surface area contributed by atoms with Gasteiger partial charge in [0.2, 0.25) is 0 Å². The standard InChI is InChI=1S/C12H23NO3/c1-3-16-12(14)10-4-6-11(7-5-10)13-8-9-15-2/h10-11,13H,3-9H2,1-2H3. The van der Waals surface area contributed by atoms with Crippen molar-refractivity contribution in [3.63, 3.8) is 0 Å². The van der Waals surface area contributed by atoms with E-state index in [-0.39, 0.29) is 11.9 Å². The number of rotatable bonds is 6. The van der Waals surface area contributed by atoms with Crippen molar-refractivity contribution < 1.29 is 14.3 Å². The maximum atomic E-state index is 11.5. The molecule has 1 N–H and O–H groups in total. The van der Waals surface area contributed by atoms with Crippen molar-refractivity contribution in [2.45, 2.75) is 38.6 Å². The molecule has 94 valence electrons. The third-order valence-corrected chi connectivity index (χ3v) is 3.09. The Bertz CT molecular complexity index is 200. The second-order valence-electron chi connectivity index (χ2n) is 4.25. The molecule has 0 aliphatic heterocycles. The summed E-state index contributed by atoms with van der Waals surface area (Å²) in [5, 5.41) is 3.44. The van der Waals surface area contributed by atoms with Crippen LogP contribution >= 0.6 is 0 Å². The summed E-state index contributed by atoms with van der Waals surface area (Å²) >= 11 is 0. The molecule has 1 fully saturated rings. The van der Waals surface area contributed by atoms with E-state index in [9.17, 15) is 4.79 Å². The molecule has 1 aliphatic rings. The molecular formula is C12H23NO3. The van der Waals surface area contributed by atoms with Crippen LogP contribution in [0.15, 0.2) is 0 Å². The quantitative estimate of drug-likeness (QED) is 0.551. The number of methoxy groups -OCH3 is 1. The van der Waals surface area contributed by atoms with E-state index in [0.717, 1.165) is 38.8 Å². The highest BCUT2D eigenvalue weighted by Gasteiger charge is 2.26. The summed E-state index contributed by atoms with van der Waals surface area (Å²) in [4.78, 5) is 11.5. The van der Waals surface area contributed by atoms with Crippen LogP contribution in [0.1, 0.15) is 32.6 Å². The van der Waals surface area contributed by atoms with E-state index in [2.05, 4.69) is 5.32 Å². The van der Waals surface area contributed by atoms with Crippen molar-refractivity contribution in [3.05, 3.63) is 0 Å². The van der Waals surface area contributed by atoms with E-state index in [1.807, 2.05) is 6.92 Å². The molecule has 0 unspecified atom stereocenters. The first-order valence-corrected chi connectivity index (χ1v) is 6.16. The fourth-order valence-corrected chi connectivity index (χ4v) is 2.16. The van der Waals surface area contributed by atoms with Gasteiger partial charge in [0.05, 0.1) is 19.1 Å². The summed E-state index contributed by atoms with van der Waals surface area (Å²) < 4.78 is 10.0. The zero-order valence-corrected chi connectivity index (χ0v) is 10.3. The third kappa shape index (κ3) is 4.49. The van der Waals surface area contributed by atoms with Crippen molar-refractivity contribution in [2.75, 3.05) is 26.9 Å². The van der Waals surface area contributed by atoms with Gasteiger partial charge in [-0.05, 0) is 32.6 Å². The lowest BCUT2D eigenvalue weighted by atomic mass is 9.86. The largest absolute Gasteiger partial charge is 0.466 e. The van der Waals surface area contributed by atoms with Gasteiger partial charge in [0.25, 0.3) is 0 Å². The molecule has 1 aliphatic carbocycles. The van der Waals surface area contributed by atoms with Crippen LogP contribution in [0, 0.1) is 5.92 Å². The van der Waals surface area contributed by atoms with Crippen LogP contribution in [-0.2, 0) is 14.3 Å². The Kier molecular flexibility index (Phi) is 6.42. The van der Waals surface area contributed by atoms with E-state index in [0.29, 0.717) is 12.6 Å². The predicted octanol–water partition coefficient (Wildman–Crippen LogP) is 1.34. The molecule has 0 bridgehead atoms. The second-order valence-corrected chi connectivity index (χ2v) is 4.25. The fraction of sp³-hybridized carbons (Fsp3) is 0.917. The highest BCUT2D eigenvalue weighted by atomic mass is 16.5. The monoisotopic (exact) mass is 229 g/mol. The van der Waals surface area contributed by atoms with E-state index in [1.165, 1.54) is 0 Å². The second kappa shape index (κ2) is 7.63. The minimum Gasteiger partial charge on any atom is -0.466 e. The number of esters is 1. The Balaban J connectivity index is 2.15. The van der Waals surface area contributed by atoms with Crippen LogP contribution in [0.5, 0.6) is 0 Å². The lowest BCUT2D eigenvalue weighted by molar-refractivity contribution is -0.149. The zero-order chi connectivity index (χ0) is 11.8. The lowest BCUT2D eigenvalue weighted by Gasteiger charge is -2.27. The van der Waals surface area contributed by atoms with E-state index in [1.54, 1.807) is 7.11 Å². The van der Waals surface area contributed by atoms with Crippen LogP contribution in [-0.4, -0.2) is 38.9 Å². The number of nitrogens with one attached hydrogen (secondary N) is 1. The number of hydrogen-bond donors (Lipinski definition) is 1. The highest BCUT2D eigenvalue weighted by molar-refractivity contribution is 5.72. The van der Waals surface area contributed by atoms with Crippen molar-refractivity contribution in [2.24, 2.45) is 5.92 Å². The molecule has 0 atom stereocenters. The van der Waals surface area contributed by atoms with Gasteiger partial charge in [0.15, 0.2) is 0 Å². The molecular weight excluding hydrogens is 206 g/mol. The Morgan fingerprint density at radius 2 is 2.00 bits per heavy atom. The van der Waals surface area contributed by atoms with Crippen LogP contribution in [0.2, 0.25) is 0 Å². The Morgan fingerprint density at radius 1 is 1.31 bits per heavy atom. The molecule has 1 saturated carbocycles. The maximum absolute atomic E-state index is 11.5. The Labute approximate surface area is 97.7 Å². The predicted molar refractivity (Wildman–Crippen MR) is 62.3 cm³/mol. The van der Waals surface area contributed by atoms with Gasteiger partial charge in [-0.15, -0.1) is 0 Å². The van der Waals surface area contributed by atoms with Gasteiger partial charge in [0, 0.05) is 19.7 Å². The minimum atomic E-state index is -0.0159. The smallest absolute Gasteiger partial charge is 0.308 e. The van der Waals surface area contributed by atoms with Crippen LogP contribution in [0.3, 0.4) is 0 Å². The SMILES string of the molecule is CCOC(=O)C1CCC(NCCOC)CC1. The molecule has 4 nitrogen and oxygen atoms in total. The summed E-state index contributed by atoms with van der Waals surface area (Å²) in [5.41, 5.74) is 0. The highest BCUT2D eigenvalue weighted by Crippen LogP contribution is 2.25. The van der Waals surface area contributed by atoms with E-state index in [4.69, 9.17) is 9.47 Å². The molecule has 0 amide bonds. The lowest BCUT2D eigenvalue weighted by Crippen LogP contribution is -2.36. The molecule has 0 radical (unpaired) electrons. The van der Waals surface area contributed by atoms with Gasteiger partial charge in [0.1, 0.15) is 0 Å². The number of carbonyl (C=O) groups is 1. The van der Waals surface area contributed by atoms with E-state index < -0.39 is 0 Å². The number of carbonyl (C=O) groups excluding carboxylic acids is 1. The van der Waals surface area contributed by atoms with Crippen molar-refractivity contribution in [1.29, 1.82) is 0 Å². The van der Waals surface area contributed by atoms with Crippen LogP contribution in [0.25, 0.3) is 0 Å². The molecule has 0 aromatic heterocycles. The normalized spacial score (nSPS) is 25.4. The summed E-state index contributed by atoms with van der Waals surface area (Å²) in [7, 11) is 1.71. The van der Waals surface area contributed by atoms with Crippen LogP contribution < -0.4 is 5.32 Å². The molecule has 0 aromatic rings. The average Bonchev–Trinajstić information content (AvgIpc) is 2.30. The van der Waals surface area contributed by atoms with Gasteiger partial charge in [-0.25, -0.2) is 0 Å². The first kappa shape index (κ1) is 13.5. The van der Waals surface area contributed by atoms with E-state index >= 15 is 0 Å². The third-order valence-electron chi connectivity index (χ3n) is 3.09. The first-order chi connectivity index (χ1) is 7.77. The first-order valence-electron chi connectivity index (χ1n) is 6.16. The molecule has 16 heavy (non-hydrogen) atoms.